The van der Waals surface area contributed by atoms with Crippen LogP contribution in [0.2, 0.25) is 0 Å². The summed E-state index contributed by atoms with van der Waals surface area (Å²) in [7, 11) is 0. The van der Waals surface area contributed by atoms with Crippen LogP contribution in [0, 0.1) is 40.4 Å². The summed E-state index contributed by atoms with van der Waals surface area (Å²) in [6.45, 7) is 5.68. The maximum absolute atomic E-state index is 8.74. The van der Waals surface area contributed by atoms with Crippen molar-refractivity contribution >= 4 is 0 Å². The van der Waals surface area contributed by atoms with Crippen molar-refractivity contribution < 1.29 is 0 Å². The summed E-state index contributed by atoms with van der Waals surface area (Å²) in [5.74, 6) is 4.05. The van der Waals surface area contributed by atoms with Gasteiger partial charge >= 0.3 is 0 Å². The van der Waals surface area contributed by atoms with Crippen LogP contribution in [-0.4, -0.2) is 12.6 Å². The Labute approximate surface area is 118 Å². The first kappa shape index (κ1) is 13.4. The lowest BCUT2D eigenvalue weighted by molar-refractivity contribution is -0.0166. The lowest BCUT2D eigenvalue weighted by atomic mass is 9.54. The zero-order chi connectivity index (χ0) is 13.5. The first-order valence-electron chi connectivity index (χ1n) is 8.18. The standard InChI is InChI=1S/C17H28N2/c1-17(2,4-3-5-18)11-19-16-14-7-12-6-13(9-14)10-15(16)8-12/h12-16,19H,3-4,6-11H2,1-2H3. The maximum Gasteiger partial charge on any atom is 0.0621 e. The highest BCUT2D eigenvalue weighted by atomic mass is 15.0. The summed E-state index contributed by atoms with van der Waals surface area (Å²) < 4.78 is 0. The van der Waals surface area contributed by atoms with Gasteiger partial charge in [-0.25, -0.2) is 0 Å². The summed E-state index contributed by atoms with van der Waals surface area (Å²) >= 11 is 0. The van der Waals surface area contributed by atoms with Gasteiger partial charge in [0.2, 0.25) is 0 Å². The third kappa shape index (κ3) is 2.82. The average Bonchev–Trinajstić information content (AvgIpc) is 2.35. The Balaban J connectivity index is 1.54. The number of rotatable bonds is 5. The highest BCUT2D eigenvalue weighted by molar-refractivity contribution is 5.01. The third-order valence-corrected chi connectivity index (χ3v) is 5.96. The minimum absolute atomic E-state index is 0.268. The minimum Gasteiger partial charge on any atom is -0.313 e. The van der Waals surface area contributed by atoms with Gasteiger partial charge in [0.15, 0.2) is 0 Å². The van der Waals surface area contributed by atoms with Crippen molar-refractivity contribution in [2.45, 2.75) is 64.8 Å². The van der Waals surface area contributed by atoms with Gasteiger partial charge in [0.05, 0.1) is 6.07 Å². The van der Waals surface area contributed by atoms with Crippen LogP contribution in [-0.2, 0) is 0 Å². The molecule has 0 aromatic carbocycles. The van der Waals surface area contributed by atoms with Crippen molar-refractivity contribution in [1.29, 1.82) is 5.26 Å². The summed E-state index contributed by atoms with van der Waals surface area (Å²) in [5.41, 5.74) is 0.268. The fourth-order valence-electron chi connectivity index (χ4n) is 5.14. The lowest BCUT2D eigenvalue weighted by Gasteiger charge is -2.55. The van der Waals surface area contributed by atoms with Crippen molar-refractivity contribution in [2.24, 2.45) is 29.1 Å². The van der Waals surface area contributed by atoms with Gasteiger partial charge in [0.25, 0.3) is 0 Å². The first-order valence-corrected chi connectivity index (χ1v) is 8.18. The van der Waals surface area contributed by atoms with Crippen molar-refractivity contribution in [3.8, 4) is 6.07 Å². The van der Waals surface area contributed by atoms with Crippen molar-refractivity contribution in [3.63, 3.8) is 0 Å². The molecule has 0 radical (unpaired) electrons. The van der Waals surface area contributed by atoms with Crippen LogP contribution in [0.25, 0.3) is 0 Å². The van der Waals surface area contributed by atoms with E-state index in [1.807, 2.05) is 0 Å². The van der Waals surface area contributed by atoms with Crippen LogP contribution < -0.4 is 5.32 Å². The predicted octanol–water partition coefficient (Wildman–Crippen LogP) is 3.73. The van der Waals surface area contributed by atoms with Crippen LogP contribution in [0.15, 0.2) is 0 Å². The van der Waals surface area contributed by atoms with Crippen LogP contribution >= 0.6 is 0 Å². The van der Waals surface area contributed by atoms with Crippen LogP contribution in [0.4, 0.5) is 0 Å². The molecule has 4 saturated carbocycles. The summed E-state index contributed by atoms with van der Waals surface area (Å²) in [6.07, 6.45) is 9.20. The predicted molar refractivity (Wildman–Crippen MR) is 77.5 cm³/mol. The quantitative estimate of drug-likeness (QED) is 0.817. The van der Waals surface area contributed by atoms with Gasteiger partial charge in [-0.3, -0.25) is 0 Å². The summed E-state index contributed by atoms with van der Waals surface area (Å²) in [5, 5.41) is 12.6. The molecule has 4 rings (SSSR count). The van der Waals surface area contributed by atoms with Crippen LogP contribution in [0.1, 0.15) is 58.8 Å². The van der Waals surface area contributed by atoms with E-state index in [0.29, 0.717) is 6.42 Å². The number of nitriles is 1. The molecule has 0 spiro atoms. The largest absolute Gasteiger partial charge is 0.313 e. The van der Waals surface area contributed by atoms with Gasteiger partial charge in [-0.1, -0.05) is 13.8 Å². The molecular formula is C17H28N2. The van der Waals surface area contributed by atoms with Gasteiger partial charge in [0, 0.05) is 19.0 Å². The zero-order valence-electron chi connectivity index (χ0n) is 12.5. The number of nitrogens with zero attached hydrogens (tertiary/aromatic N) is 1. The van der Waals surface area contributed by atoms with E-state index < -0.39 is 0 Å². The van der Waals surface area contributed by atoms with Gasteiger partial charge in [-0.15, -0.1) is 0 Å². The van der Waals surface area contributed by atoms with E-state index in [1.165, 1.54) is 32.1 Å². The molecule has 1 N–H and O–H groups in total. The molecule has 0 aromatic heterocycles. The van der Waals surface area contributed by atoms with Crippen molar-refractivity contribution in [1.82, 2.24) is 5.32 Å². The Morgan fingerprint density at radius 1 is 1.05 bits per heavy atom. The Hall–Kier alpha value is -0.550. The normalized spacial score (nSPS) is 40.4. The third-order valence-electron chi connectivity index (χ3n) is 5.96. The molecule has 2 heteroatoms. The number of nitrogens with one attached hydrogen (secondary N) is 1. The fraction of sp³-hybridized carbons (Fsp3) is 0.941. The molecule has 0 amide bonds. The Morgan fingerprint density at radius 2 is 1.63 bits per heavy atom. The number of hydrogen-bond acceptors (Lipinski definition) is 2. The van der Waals surface area contributed by atoms with E-state index in [0.717, 1.165) is 42.7 Å². The molecule has 4 bridgehead atoms. The van der Waals surface area contributed by atoms with Crippen molar-refractivity contribution in [3.05, 3.63) is 0 Å². The Kier molecular flexibility index (Phi) is 3.60. The Bertz CT molecular complexity index is 338. The monoisotopic (exact) mass is 260 g/mol. The molecule has 106 valence electrons. The van der Waals surface area contributed by atoms with E-state index in [4.69, 9.17) is 5.26 Å². The van der Waals surface area contributed by atoms with Crippen LogP contribution in [0.3, 0.4) is 0 Å². The average molecular weight is 260 g/mol. The fourth-order valence-corrected chi connectivity index (χ4v) is 5.14. The Morgan fingerprint density at radius 3 is 2.16 bits per heavy atom. The smallest absolute Gasteiger partial charge is 0.0621 e. The van der Waals surface area contributed by atoms with Gasteiger partial charge in [0.1, 0.15) is 0 Å². The maximum atomic E-state index is 8.74. The second-order valence-electron chi connectivity index (χ2n) is 8.16. The van der Waals surface area contributed by atoms with E-state index >= 15 is 0 Å². The molecular weight excluding hydrogens is 232 g/mol. The molecule has 4 fully saturated rings. The molecule has 0 unspecified atom stereocenters. The molecule has 0 saturated heterocycles. The van der Waals surface area contributed by atoms with Gasteiger partial charge in [-0.2, -0.15) is 5.26 Å². The highest BCUT2D eigenvalue weighted by Crippen LogP contribution is 2.53. The van der Waals surface area contributed by atoms with E-state index in [9.17, 15) is 0 Å². The SMILES string of the molecule is CC(C)(CCC#N)CNC1C2CC3CC(C2)CC1C3. The van der Waals surface area contributed by atoms with Crippen molar-refractivity contribution in [2.75, 3.05) is 6.54 Å². The number of hydrogen-bond donors (Lipinski definition) is 1. The minimum atomic E-state index is 0.268. The zero-order valence-corrected chi connectivity index (χ0v) is 12.5. The summed E-state index contributed by atoms with van der Waals surface area (Å²) in [4.78, 5) is 0. The molecule has 0 aromatic rings. The van der Waals surface area contributed by atoms with Gasteiger partial charge in [-0.05, 0) is 67.6 Å². The first-order chi connectivity index (χ1) is 9.07. The molecule has 19 heavy (non-hydrogen) atoms. The second kappa shape index (κ2) is 5.09. The second-order valence-corrected chi connectivity index (χ2v) is 8.16. The van der Waals surface area contributed by atoms with Crippen LogP contribution in [0.5, 0.6) is 0 Å². The molecule has 4 aliphatic carbocycles. The molecule has 4 aliphatic rings. The molecule has 2 nitrogen and oxygen atoms in total. The summed E-state index contributed by atoms with van der Waals surface area (Å²) in [6, 6.07) is 3.07. The van der Waals surface area contributed by atoms with E-state index in [2.05, 4.69) is 25.2 Å². The van der Waals surface area contributed by atoms with E-state index in [-0.39, 0.29) is 5.41 Å². The molecule has 0 atom stereocenters. The highest BCUT2D eigenvalue weighted by Gasteiger charge is 2.48. The topological polar surface area (TPSA) is 35.8 Å². The molecule has 0 aliphatic heterocycles. The van der Waals surface area contributed by atoms with Gasteiger partial charge < -0.3 is 5.32 Å². The van der Waals surface area contributed by atoms with E-state index in [1.54, 1.807) is 0 Å². The molecule has 0 heterocycles. The lowest BCUT2D eigenvalue weighted by Crippen LogP contribution is -2.55.